The molecule has 2 aliphatic rings. The van der Waals surface area contributed by atoms with Crippen LogP contribution < -0.4 is 9.64 Å². The highest BCUT2D eigenvalue weighted by Gasteiger charge is 2.43. The summed E-state index contributed by atoms with van der Waals surface area (Å²) < 4.78 is 6.20. The number of hydrogen-bond donors (Lipinski definition) is 2. The molecule has 5 rings (SSSR count). The number of hydrogen-bond acceptors (Lipinski definition) is 6. The van der Waals surface area contributed by atoms with E-state index in [9.17, 15) is 5.11 Å². The SMILES string of the molecule is Cc1ccc(O[C@@H]2C[C@@H]3CN(c4ccnc5[nH]ncc45)C[C@@H]3C[C@H]2O)c(C)n1. The Morgan fingerprint density at radius 2 is 1.96 bits per heavy atom. The van der Waals surface area contributed by atoms with Crippen LogP contribution in [-0.4, -0.2) is 50.6 Å². The topological polar surface area (TPSA) is 87.2 Å². The normalized spacial score (nSPS) is 27.2. The quantitative estimate of drug-likeness (QED) is 0.727. The fourth-order valence-electron chi connectivity index (χ4n) is 4.79. The lowest BCUT2D eigenvalue weighted by atomic mass is 9.78. The largest absolute Gasteiger partial charge is 0.486 e. The molecule has 2 N–H and O–H groups in total. The highest BCUT2D eigenvalue weighted by atomic mass is 16.5. The molecule has 0 unspecified atom stereocenters. The Hall–Kier alpha value is -2.67. The molecule has 7 heteroatoms. The second kappa shape index (κ2) is 6.74. The Kier molecular flexibility index (Phi) is 4.19. The smallest absolute Gasteiger partial charge is 0.157 e. The molecule has 146 valence electrons. The number of rotatable bonds is 3. The van der Waals surface area contributed by atoms with E-state index in [4.69, 9.17) is 4.74 Å². The van der Waals surface area contributed by atoms with Gasteiger partial charge in [0.25, 0.3) is 0 Å². The van der Waals surface area contributed by atoms with E-state index in [-0.39, 0.29) is 6.10 Å². The van der Waals surface area contributed by atoms with Gasteiger partial charge in [0.2, 0.25) is 0 Å². The van der Waals surface area contributed by atoms with E-state index in [2.05, 4.69) is 31.1 Å². The van der Waals surface area contributed by atoms with E-state index in [1.54, 1.807) is 0 Å². The van der Waals surface area contributed by atoms with E-state index in [0.29, 0.717) is 11.8 Å². The maximum Gasteiger partial charge on any atom is 0.157 e. The fraction of sp³-hybridized carbons (Fsp3) is 0.476. The molecule has 3 aromatic rings. The van der Waals surface area contributed by atoms with Crippen LogP contribution in [0.4, 0.5) is 5.69 Å². The van der Waals surface area contributed by atoms with Crippen LogP contribution in [-0.2, 0) is 0 Å². The third-order valence-corrected chi connectivity index (χ3v) is 6.21. The van der Waals surface area contributed by atoms with Crippen molar-refractivity contribution in [3.8, 4) is 5.75 Å². The van der Waals surface area contributed by atoms with Crippen molar-refractivity contribution in [2.45, 2.75) is 38.9 Å². The Balaban J connectivity index is 1.33. The number of aliphatic hydroxyl groups excluding tert-OH is 1. The number of aromatic amines is 1. The first-order valence-corrected chi connectivity index (χ1v) is 9.90. The van der Waals surface area contributed by atoms with Gasteiger partial charge < -0.3 is 14.7 Å². The van der Waals surface area contributed by atoms with Gasteiger partial charge in [-0.2, -0.15) is 5.10 Å². The second-order valence-corrected chi connectivity index (χ2v) is 8.12. The summed E-state index contributed by atoms with van der Waals surface area (Å²) in [5, 5.41) is 18.9. The molecular weight excluding hydrogens is 354 g/mol. The Morgan fingerprint density at radius 1 is 1.14 bits per heavy atom. The van der Waals surface area contributed by atoms with Gasteiger partial charge in [-0.1, -0.05) is 0 Å². The van der Waals surface area contributed by atoms with Crippen LogP contribution in [0.1, 0.15) is 24.2 Å². The predicted octanol–water partition coefficient (Wildman–Crippen LogP) is 2.62. The third kappa shape index (κ3) is 2.99. The molecular formula is C21H25N5O2. The van der Waals surface area contributed by atoms with Gasteiger partial charge in [0, 0.05) is 25.0 Å². The summed E-state index contributed by atoms with van der Waals surface area (Å²) in [4.78, 5) is 11.2. The number of aryl methyl sites for hydroxylation is 2. The summed E-state index contributed by atoms with van der Waals surface area (Å²) in [6.45, 7) is 5.84. The molecule has 1 saturated carbocycles. The fourth-order valence-corrected chi connectivity index (χ4v) is 4.79. The van der Waals surface area contributed by atoms with Crippen molar-refractivity contribution in [2.75, 3.05) is 18.0 Å². The van der Waals surface area contributed by atoms with E-state index >= 15 is 0 Å². The number of ether oxygens (including phenoxy) is 1. The van der Waals surface area contributed by atoms with E-state index in [1.807, 2.05) is 38.4 Å². The number of aromatic nitrogens is 4. The lowest BCUT2D eigenvalue weighted by Gasteiger charge is -2.35. The summed E-state index contributed by atoms with van der Waals surface area (Å²) in [5.74, 6) is 1.75. The van der Waals surface area contributed by atoms with Gasteiger partial charge in [0.05, 0.1) is 29.1 Å². The average molecular weight is 379 g/mol. The average Bonchev–Trinajstić information content (AvgIpc) is 3.30. The van der Waals surface area contributed by atoms with Gasteiger partial charge in [-0.05, 0) is 56.7 Å². The minimum Gasteiger partial charge on any atom is -0.486 e. The predicted molar refractivity (Wildman–Crippen MR) is 106 cm³/mol. The Morgan fingerprint density at radius 3 is 2.79 bits per heavy atom. The van der Waals surface area contributed by atoms with Crippen molar-refractivity contribution in [3.63, 3.8) is 0 Å². The molecule has 1 saturated heterocycles. The highest BCUT2D eigenvalue weighted by Crippen LogP contribution is 2.41. The molecule has 2 fully saturated rings. The number of fused-ring (bicyclic) bond motifs is 2. The molecule has 4 atom stereocenters. The summed E-state index contributed by atoms with van der Waals surface area (Å²) in [5.41, 5.74) is 3.83. The van der Waals surface area contributed by atoms with Crippen LogP contribution in [0.25, 0.3) is 11.0 Å². The van der Waals surface area contributed by atoms with Crippen molar-refractivity contribution in [3.05, 3.63) is 42.0 Å². The molecule has 28 heavy (non-hydrogen) atoms. The summed E-state index contributed by atoms with van der Waals surface area (Å²) >= 11 is 0. The molecule has 1 aliphatic carbocycles. The van der Waals surface area contributed by atoms with Crippen LogP contribution in [0.5, 0.6) is 5.75 Å². The van der Waals surface area contributed by atoms with Crippen molar-refractivity contribution in [2.24, 2.45) is 11.8 Å². The molecule has 3 aromatic heterocycles. The minimum atomic E-state index is -0.451. The lowest BCUT2D eigenvalue weighted by Crippen LogP contribution is -2.42. The van der Waals surface area contributed by atoms with Gasteiger partial charge in [-0.15, -0.1) is 0 Å². The van der Waals surface area contributed by atoms with Crippen LogP contribution in [0, 0.1) is 25.7 Å². The number of aliphatic hydroxyl groups is 1. The van der Waals surface area contributed by atoms with Gasteiger partial charge in [-0.3, -0.25) is 10.1 Å². The molecule has 0 bridgehead atoms. The number of H-pyrrole nitrogens is 1. The first kappa shape index (κ1) is 17.4. The van der Waals surface area contributed by atoms with Crippen molar-refractivity contribution < 1.29 is 9.84 Å². The lowest BCUT2D eigenvalue weighted by molar-refractivity contribution is -0.0236. The molecule has 0 amide bonds. The van der Waals surface area contributed by atoms with Crippen LogP contribution >= 0.6 is 0 Å². The maximum absolute atomic E-state index is 10.7. The van der Waals surface area contributed by atoms with E-state index in [1.165, 1.54) is 5.69 Å². The van der Waals surface area contributed by atoms with E-state index in [0.717, 1.165) is 54.1 Å². The first-order valence-electron chi connectivity index (χ1n) is 9.90. The Labute approximate surface area is 163 Å². The molecule has 7 nitrogen and oxygen atoms in total. The zero-order chi connectivity index (χ0) is 19.3. The standard InChI is InChI=1S/C21H25N5O2/c1-12-3-4-19(13(2)24-12)28-20-8-15-11-26(10-14(15)7-18(20)27)17-5-6-22-21-16(17)9-23-25-21/h3-6,9,14-15,18,20,27H,7-8,10-11H2,1-2H3,(H,22,23,25)/t14-,15+,18+,20+/m0/s1. The van der Waals surface area contributed by atoms with Crippen LogP contribution in [0.3, 0.4) is 0 Å². The second-order valence-electron chi connectivity index (χ2n) is 8.12. The summed E-state index contributed by atoms with van der Waals surface area (Å²) in [7, 11) is 0. The van der Waals surface area contributed by atoms with Gasteiger partial charge in [-0.25, -0.2) is 4.98 Å². The maximum atomic E-state index is 10.7. The molecule has 4 heterocycles. The van der Waals surface area contributed by atoms with Crippen LogP contribution in [0.15, 0.2) is 30.6 Å². The molecule has 1 aliphatic heterocycles. The van der Waals surface area contributed by atoms with E-state index < -0.39 is 6.10 Å². The number of anilines is 1. The Bertz CT molecular complexity index is 1000. The van der Waals surface area contributed by atoms with Gasteiger partial charge in [0.1, 0.15) is 11.9 Å². The van der Waals surface area contributed by atoms with Crippen LogP contribution in [0.2, 0.25) is 0 Å². The van der Waals surface area contributed by atoms with Crippen molar-refractivity contribution in [1.29, 1.82) is 0 Å². The first-order chi connectivity index (χ1) is 13.6. The monoisotopic (exact) mass is 379 g/mol. The zero-order valence-corrected chi connectivity index (χ0v) is 16.2. The molecule has 0 aromatic carbocycles. The number of nitrogens with one attached hydrogen (secondary N) is 1. The van der Waals surface area contributed by atoms with Crippen molar-refractivity contribution >= 4 is 16.7 Å². The third-order valence-electron chi connectivity index (χ3n) is 6.21. The zero-order valence-electron chi connectivity index (χ0n) is 16.2. The van der Waals surface area contributed by atoms with Gasteiger partial charge in [0.15, 0.2) is 5.65 Å². The van der Waals surface area contributed by atoms with Gasteiger partial charge >= 0.3 is 0 Å². The number of nitrogens with zero attached hydrogens (tertiary/aromatic N) is 4. The summed E-state index contributed by atoms with van der Waals surface area (Å²) in [6, 6.07) is 5.97. The number of pyridine rings is 2. The summed E-state index contributed by atoms with van der Waals surface area (Å²) in [6.07, 6.45) is 4.65. The minimum absolute atomic E-state index is 0.184. The molecule has 0 radical (unpaired) electrons. The van der Waals surface area contributed by atoms with Crippen molar-refractivity contribution in [1.82, 2.24) is 20.2 Å². The molecule has 0 spiro atoms. The highest BCUT2D eigenvalue weighted by molar-refractivity contribution is 5.88.